The zero-order chi connectivity index (χ0) is 19.1. The Morgan fingerprint density at radius 3 is 2.81 bits per heavy atom. The molecule has 0 bridgehead atoms. The molecule has 2 N–H and O–H groups in total. The summed E-state index contributed by atoms with van der Waals surface area (Å²) in [6.45, 7) is 1.10. The monoisotopic (exact) mass is 384 g/mol. The summed E-state index contributed by atoms with van der Waals surface area (Å²) in [4.78, 5) is 16.5. The lowest BCUT2D eigenvalue weighted by molar-refractivity contribution is -0.136. The number of rotatable bonds is 3. The molecule has 1 aromatic carbocycles. The average molecular weight is 385 g/mol. The van der Waals surface area contributed by atoms with Gasteiger partial charge in [-0.3, -0.25) is 9.78 Å². The minimum atomic E-state index is -2.42. The maximum absolute atomic E-state index is 15.5. The van der Waals surface area contributed by atoms with E-state index < -0.39 is 35.4 Å². The molecule has 1 aliphatic carbocycles. The molecule has 0 saturated carbocycles. The van der Waals surface area contributed by atoms with Crippen molar-refractivity contribution in [2.24, 2.45) is 0 Å². The molecule has 1 aliphatic rings. The van der Waals surface area contributed by atoms with Crippen molar-refractivity contribution in [3.63, 3.8) is 0 Å². The molecule has 26 heavy (non-hydrogen) atoms. The van der Waals surface area contributed by atoms with Crippen LogP contribution in [0.2, 0.25) is 5.02 Å². The normalized spacial score (nSPS) is 24.8. The van der Waals surface area contributed by atoms with Gasteiger partial charge in [0.05, 0.1) is 10.7 Å². The molecule has 3 rings (SSSR count). The summed E-state index contributed by atoms with van der Waals surface area (Å²) in [6, 6.07) is 4.41. The molecule has 0 unspecified atom stereocenters. The van der Waals surface area contributed by atoms with Crippen LogP contribution in [-0.4, -0.2) is 16.0 Å². The van der Waals surface area contributed by atoms with Crippen LogP contribution in [0.3, 0.4) is 0 Å². The fourth-order valence-corrected chi connectivity index (χ4v) is 3.37. The number of hydrogen-bond acceptors (Lipinski definition) is 3. The second-order valence-corrected chi connectivity index (χ2v) is 6.91. The minimum Gasteiger partial charge on any atom is -0.384 e. The average Bonchev–Trinajstić information content (AvgIpc) is 2.58. The van der Waals surface area contributed by atoms with Crippen molar-refractivity contribution in [2.45, 2.75) is 37.6 Å². The number of fused-ring (bicyclic) bond motifs is 1. The maximum atomic E-state index is 15.5. The molecule has 1 heterocycles. The van der Waals surface area contributed by atoms with Crippen LogP contribution >= 0.6 is 11.6 Å². The van der Waals surface area contributed by atoms with E-state index in [-0.39, 0.29) is 34.7 Å². The molecule has 4 nitrogen and oxygen atoms in total. The topological polar surface area (TPSA) is 62.2 Å². The van der Waals surface area contributed by atoms with Crippen molar-refractivity contribution in [2.75, 3.05) is 0 Å². The van der Waals surface area contributed by atoms with Crippen LogP contribution in [0.4, 0.5) is 13.2 Å². The second kappa shape index (κ2) is 6.55. The highest BCUT2D eigenvalue weighted by Gasteiger charge is 2.50. The third-order valence-corrected chi connectivity index (χ3v) is 4.93. The number of hydrogen-bond donors (Lipinski definition) is 2. The molecule has 2 atom stereocenters. The van der Waals surface area contributed by atoms with E-state index in [0.717, 1.165) is 6.07 Å². The Bertz CT molecular complexity index is 852. The highest BCUT2D eigenvalue weighted by molar-refractivity contribution is 6.31. The van der Waals surface area contributed by atoms with E-state index in [1.807, 2.05) is 0 Å². The summed E-state index contributed by atoms with van der Waals surface area (Å²) in [7, 11) is 0. The number of aromatic nitrogens is 1. The van der Waals surface area contributed by atoms with Crippen LogP contribution in [0, 0.1) is 11.6 Å². The number of halogens is 4. The van der Waals surface area contributed by atoms with Crippen molar-refractivity contribution in [1.82, 2.24) is 10.3 Å². The van der Waals surface area contributed by atoms with Gasteiger partial charge >= 0.3 is 0 Å². The fraction of sp³-hybridized carbons (Fsp3) is 0.333. The Balaban J connectivity index is 1.87. The van der Waals surface area contributed by atoms with Crippen molar-refractivity contribution < 1.29 is 23.1 Å². The summed E-state index contributed by atoms with van der Waals surface area (Å²) < 4.78 is 42.4. The Kier molecular flexibility index (Phi) is 4.71. The Labute approximate surface area is 153 Å². The van der Waals surface area contributed by atoms with E-state index in [4.69, 9.17) is 11.6 Å². The number of carbonyl (C=O) groups is 1. The van der Waals surface area contributed by atoms with Crippen LogP contribution in [0.1, 0.15) is 36.6 Å². The molecule has 138 valence electrons. The summed E-state index contributed by atoms with van der Waals surface area (Å²) in [6.07, 6.45) is 1.14. The molecule has 8 heteroatoms. The molecular weight excluding hydrogens is 369 g/mol. The molecule has 1 amide bonds. The number of benzene rings is 1. The Hall–Kier alpha value is -2.12. The highest BCUT2D eigenvalue weighted by Crippen LogP contribution is 2.45. The van der Waals surface area contributed by atoms with Crippen molar-refractivity contribution in [3.8, 4) is 0 Å². The van der Waals surface area contributed by atoms with Gasteiger partial charge in [0, 0.05) is 29.9 Å². The van der Waals surface area contributed by atoms with Gasteiger partial charge in [-0.2, -0.15) is 0 Å². The predicted molar refractivity (Wildman–Crippen MR) is 89.0 cm³/mol. The van der Waals surface area contributed by atoms with Gasteiger partial charge in [0.1, 0.15) is 17.2 Å². The quantitative estimate of drug-likeness (QED) is 0.851. The third-order valence-electron chi connectivity index (χ3n) is 4.59. The molecule has 0 aliphatic heterocycles. The smallest absolute Gasteiger partial charge is 0.262 e. The minimum absolute atomic E-state index is 0.00734. The van der Waals surface area contributed by atoms with Gasteiger partial charge in [-0.25, -0.2) is 13.2 Å². The first-order chi connectivity index (χ1) is 12.1. The van der Waals surface area contributed by atoms with Crippen molar-refractivity contribution in [1.29, 1.82) is 0 Å². The lowest BCUT2D eigenvalue weighted by atomic mass is 9.75. The first-order valence-electron chi connectivity index (χ1n) is 7.94. The molecule has 1 aromatic heterocycles. The molecular formula is C18H16ClF3N2O2. The Morgan fingerprint density at radius 1 is 1.38 bits per heavy atom. The van der Waals surface area contributed by atoms with Crippen LogP contribution in [0.25, 0.3) is 0 Å². The van der Waals surface area contributed by atoms with E-state index in [1.54, 1.807) is 0 Å². The number of nitrogens with zero attached hydrogens (tertiary/aromatic N) is 1. The largest absolute Gasteiger partial charge is 0.384 e. The standard InChI is InChI=1S/C18H16ClF3N2O2/c1-17(26)4-5-18(22,12-3-2-6-23-15(12)17)16(25)24-9-11-13(19)7-10(20)8-14(11)21/h2-3,6-8,26H,4-5,9H2,1H3,(H,24,25)/t17-,18-/m0/s1. The van der Waals surface area contributed by atoms with E-state index in [2.05, 4.69) is 10.3 Å². The number of alkyl halides is 1. The van der Waals surface area contributed by atoms with Crippen molar-refractivity contribution in [3.05, 3.63) is 63.9 Å². The zero-order valence-electron chi connectivity index (χ0n) is 13.8. The maximum Gasteiger partial charge on any atom is 0.262 e. The van der Waals surface area contributed by atoms with Gasteiger partial charge in [0.15, 0.2) is 0 Å². The van der Waals surface area contributed by atoms with Gasteiger partial charge in [-0.05, 0) is 31.9 Å². The Morgan fingerprint density at radius 2 is 2.12 bits per heavy atom. The van der Waals surface area contributed by atoms with E-state index >= 15 is 4.39 Å². The van der Waals surface area contributed by atoms with Crippen LogP contribution in [-0.2, 0) is 22.6 Å². The van der Waals surface area contributed by atoms with Crippen LogP contribution in [0.15, 0.2) is 30.5 Å². The summed E-state index contributed by atoms with van der Waals surface area (Å²) in [5, 5.41) is 12.5. The van der Waals surface area contributed by atoms with E-state index in [1.165, 1.54) is 25.3 Å². The van der Waals surface area contributed by atoms with E-state index in [0.29, 0.717) is 6.07 Å². The summed E-state index contributed by atoms with van der Waals surface area (Å²) in [5.74, 6) is -2.78. The molecule has 0 radical (unpaired) electrons. The number of pyridine rings is 1. The molecule has 2 aromatic rings. The van der Waals surface area contributed by atoms with Gasteiger partial charge in [0.2, 0.25) is 5.67 Å². The number of amides is 1. The molecule has 0 spiro atoms. The number of carbonyl (C=O) groups excluding carboxylic acids is 1. The number of nitrogens with one attached hydrogen (secondary N) is 1. The van der Waals surface area contributed by atoms with Gasteiger partial charge in [-0.1, -0.05) is 17.7 Å². The first kappa shape index (κ1) is 18.7. The summed E-state index contributed by atoms with van der Waals surface area (Å²) >= 11 is 5.79. The third kappa shape index (κ3) is 3.17. The second-order valence-electron chi connectivity index (χ2n) is 6.51. The molecule has 0 saturated heterocycles. The van der Waals surface area contributed by atoms with Crippen LogP contribution < -0.4 is 5.32 Å². The van der Waals surface area contributed by atoms with Gasteiger partial charge < -0.3 is 10.4 Å². The van der Waals surface area contributed by atoms with Crippen LogP contribution in [0.5, 0.6) is 0 Å². The fourth-order valence-electron chi connectivity index (χ4n) is 3.11. The molecule has 0 fully saturated rings. The number of aliphatic hydroxyl groups is 1. The zero-order valence-corrected chi connectivity index (χ0v) is 14.6. The van der Waals surface area contributed by atoms with E-state index in [9.17, 15) is 18.7 Å². The predicted octanol–water partition coefficient (Wildman–Crippen LogP) is 3.50. The lowest BCUT2D eigenvalue weighted by Crippen LogP contribution is -2.47. The van der Waals surface area contributed by atoms with Gasteiger partial charge in [-0.15, -0.1) is 0 Å². The highest BCUT2D eigenvalue weighted by atomic mass is 35.5. The first-order valence-corrected chi connectivity index (χ1v) is 8.32. The van der Waals surface area contributed by atoms with Crippen molar-refractivity contribution >= 4 is 17.5 Å². The SMILES string of the molecule is C[C@]1(O)CC[C@@](F)(C(=O)NCc2c(F)cc(F)cc2Cl)c2cccnc21. The summed E-state index contributed by atoms with van der Waals surface area (Å²) in [5.41, 5.74) is -3.85. The van der Waals surface area contributed by atoms with Gasteiger partial charge in [0.25, 0.3) is 5.91 Å². The lowest BCUT2D eigenvalue weighted by Gasteiger charge is -2.37.